The molecule has 2 aromatic carbocycles. The molecule has 0 spiro atoms. The molecule has 0 aliphatic heterocycles. The van der Waals surface area contributed by atoms with Gasteiger partial charge in [-0.3, -0.25) is 0 Å². The third-order valence-corrected chi connectivity index (χ3v) is 3.62. The second-order valence-electron chi connectivity index (χ2n) is 6.17. The number of hydrogen-bond donors (Lipinski definition) is 1. The van der Waals surface area contributed by atoms with Crippen LogP contribution < -0.4 is 10.5 Å². The number of rotatable bonds is 4. The zero-order valence-corrected chi connectivity index (χ0v) is 13.6. The van der Waals surface area contributed by atoms with Gasteiger partial charge in [-0.05, 0) is 59.8 Å². The van der Waals surface area contributed by atoms with Crippen LogP contribution in [0.25, 0.3) is 0 Å². The first-order valence-corrected chi connectivity index (χ1v) is 7.55. The van der Waals surface area contributed by atoms with Gasteiger partial charge in [-0.25, -0.2) is 0 Å². The maximum absolute atomic E-state index is 6.03. The SMILES string of the molecule is CC(C)(C)c1ccc(Oc2ccc(Cl)cc2CCN)cc1. The third-order valence-electron chi connectivity index (χ3n) is 3.38. The number of hydrogen-bond acceptors (Lipinski definition) is 2. The monoisotopic (exact) mass is 303 g/mol. The summed E-state index contributed by atoms with van der Waals surface area (Å²) in [6.07, 6.45) is 0.746. The van der Waals surface area contributed by atoms with Gasteiger partial charge in [0.2, 0.25) is 0 Å². The van der Waals surface area contributed by atoms with E-state index in [9.17, 15) is 0 Å². The maximum Gasteiger partial charge on any atom is 0.130 e. The van der Waals surface area contributed by atoms with E-state index in [1.54, 1.807) is 0 Å². The van der Waals surface area contributed by atoms with Crippen molar-refractivity contribution >= 4 is 11.6 Å². The Balaban J connectivity index is 2.22. The van der Waals surface area contributed by atoms with Crippen molar-refractivity contribution in [3.63, 3.8) is 0 Å². The fourth-order valence-electron chi connectivity index (χ4n) is 2.15. The summed E-state index contributed by atoms with van der Waals surface area (Å²) in [4.78, 5) is 0. The highest BCUT2D eigenvalue weighted by Crippen LogP contribution is 2.30. The van der Waals surface area contributed by atoms with Crippen molar-refractivity contribution in [2.24, 2.45) is 5.73 Å². The molecule has 112 valence electrons. The molecule has 0 aliphatic rings. The van der Waals surface area contributed by atoms with Crippen LogP contribution in [0.4, 0.5) is 0 Å². The number of benzene rings is 2. The van der Waals surface area contributed by atoms with Crippen molar-refractivity contribution in [3.8, 4) is 11.5 Å². The Morgan fingerprint density at radius 3 is 2.29 bits per heavy atom. The summed E-state index contributed by atoms with van der Waals surface area (Å²) >= 11 is 6.03. The van der Waals surface area contributed by atoms with E-state index >= 15 is 0 Å². The molecular formula is C18H22ClNO. The second-order valence-corrected chi connectivity index (χ2v) is 6.60. The normalized spacial score (nSPS) is 11.5. The minimum absolute atomic E-state index is 0.142. The molecule has 2 aromatic rings. The van der Waals surface area contributed by atoms with Crippen LogP contribution in [0.5, 0.6) is 11.5 Å². The van der Waals surface area contributed by atoms with Crippen molar-refractivity contribution in [3.05, 3.63) is 58.6 Å². The molecular weight excluding hydrogens is 282 g/mol. The molecule has 0 saturated carbocycles. The van der Waals surface area contributed by atoms with Crippen molar-refractivity contribution in [1.82, 2.24) is 0 Å². The van der Waals surface area contributed by atoms with Gasteiger partial charge in [-0.15, -0.1) is 0 Å². The van der Waals surface area contributed by atoms with Gasteiger partial charge >= 0.3 is 0 Å². The van der Waals surface area contributed by atoms with E-state index in [4.69, 9.17) is 22.1 Å². The van der Waals surface area contributed by atoms with E-state index in [0.717, 1.165) is 23.5 Å². The third kappa shape index (κ3) is 4.23. The molecule has 2 nitrogen and oxygen atoms in total. The van der Waals surface area contributed by atoms with Gasteiger partial charge in [0.1, 0.15) is 11.5 Å². The average molecular weight is 304 g/mol. The molecule has 0 heterocycles. The Labute approximate surface area is 131 Å². The number of halogens is 1. The van der Waals surface area contributed by atoms with Gasteiger partial charge in [0, 0.05) is 5.02 Å². The van der Waals surface area contributed by atoms with Gasteiger partial charge in [0.05, 0.1) is 0 Å². The van der Waals surface area contributed by atoms with Crippen LogP contribution in [-0.2, 0) is 11.8 Å². The first-order valence-electron chi connectivity index (χ1n) is 7.17. The Hall–Kier alpha value is -1.51. The molecule has 0 saturated heterocycles. The summed E-state index contributed by atoms with van der Waals surface area (Å²) in [6.45, 7) is 7.16. The van der Waals surface area contributed by atoms with Crippen LogP contribution in [0.2, 0.25) is 5.02 Å². The average Bonchev–Trinajstić information content (AvgIpc) is 2.42. The standard InChI is InChI=1S/C18H22ClNO/c1-18(2,3)14-4-7-16(8-5-14)21-17-9-6-15(19)12-13(17)10-11-20/h4-9,12H,10-11,20H2,1-3H3. The molecule has 3 heteroatoms. The highest BCUT2D eigenvalue weighted by Gasteiger charge is 2.13. The van der Waals surface area contributed by atoms with Gasteiger partial charge in [-0.2, -0.15) is 0 Å². The fraction of sp³-hybridized carbons (Fsp3) is 0.333. The van der Waals surface area contributed by atoms with Crippen molar-refractivity contribution < 1.29 is 4.74 Å². The molecule has 0 amide bonds. The molecule has 0 atom stereocenters. The summed E-state index contributed by atoms with van der Waals surface area (Å²) in [6, 6.07) is 13.9. The van der Waals surface area contributed by atoms with E-state index in [1.165, 1.54) is 5.56 Å². The molecule has 21 heavy (non-hydrogen) atoms. The molecule has 0 fully saturated rings. The van der Waals surface area contributed by atoms with Gasteiger partial charge in [0.15, 0.2) is 0 Å². The minimum Gasteiger partial charge on any atom is -0.457 e. The lowest BCUT2D eigenvalue weighted by molar-refractivity contribution is 0.475. The summed E-state index contributed by atoms with van der Waals surface area (Å²) in [7, 11) is 0. The Bertz CT molecular complexity index is 600. The van der Waals surface area contributed by atoms with Crippen LogP contribution in [0.15, 0.2) is 42.5 Å². The molecule has 2 rings (SSSR count). The number of ether oxygens (including phenoxy) is 1. The molecule has 0 bridgehead atoms. The first kappa shape index (κ1) is 15.9. The topological polar surface area (TPSA) is 35.2 Å². The summed E-state index contributed by atoms with van der Waals surface area (Å²) in [5.74, 6) is 1.64. The van der Waals surface area contributed by atoms with E-state index in [-0.39, 0.29) is 5.41 Å². The highest BCUT2D eigenvalue weighted by atomic mass is 35.5. The quantitative estimate of drug-likeness (QED) is 0.869. The van der Waals surface area contributed by atoms with E-state index in [1.807, 2.05) is 30.3 Å². The highest BCUT2D eigenvalue weighted by molar-refractivity contribution is 6.30. The van der Waals surface area contributed by atoms with E-state index in [2.05, 4.69) is 32.9 Å². The van der Waals surface area contributed by atoms with Crippen LogP contribution in [0.1, 0.15) is 31.9 Å². The smallest absolute Gasteiger partial charge is 0.130 e. The van der Waals surface area contributed by atoms with E-state index < -0.39 is 0 Å². The molecule has 0 unspecified atom stereocenters. The molecule has 0 aromatic heterocycles. The number of nitrogens with two attached hydrogens (primary N) is 1. The van der Waals surface area contributed by atoms with E-state index in [0.29, 0.717) is 11.6 Å². The lowest BCUT2D eigenvalue weighted by Crippen LogP contribution is -2.10. The predicted octanol–water partition coefficient (Wildman–Crippen LogP) is 4.93. The lowest BCUT2D eigenvalue weighted by atomic mass is 9.87. The zero-order chi connectivity index (χ0) is 15.5. The van der Waals surface area contributed by atoms with Crippen LogP contribution >= 0.6 is 11.6 Å². The Kier molecular flexibility index (Phi) is 4.92. The van der Waals surface area contributed by atoms with Crippen LogP contribution in [0.3, 0.4) is 0 Å². The first-order chi connectivity index (χ1) is 9.90. The fourth-order valence-corrected chi connectivity index (χ4v) is 2.34. The summed E-state index contributed by atoms with van der Waals surface area (Å²) in [5, 5.41) is 0.703. The molecule has 0 radical (unpaired) electrons. The summed E-state index contributed by atoms with van der Waals surface area (Å²) in [5.41, 5.74) is 8.10. The largest absolute Gasteiger partial charge is 0.457 e. The van der Waals surface area contributed by atoms with Crippen molar-refractivity contribution in [1.29, 1.82) is 0 Å². The Morgan fingerprint density at radius 2 is 1.71 bits per heavy atom. The van der Waals surface area contributed by atoms with Crippen molar-refractivity contribution in [2.75, 3.05) is 6.54 Å². The van der Waals surface area contributed by atoms with Crippen molar-refractivity contribution in [2.45, 2.75) is 32.6 Å². The van der Waals surface area contributed by atoms with Gasteiger partial charge in [0.25, 0.3) is 0 Å². The molecule has 0 aliphatic carbocycles. The minimum atomic E-state index is 0.142. The predicted molar refractivity (Wildman–Crippen MR) is 89.4 cm³/mol. The maximum atomic E-state index is 6.03. The van der Waals surface area contributed by atoms with Crippen LogP contribution in [-0.4, -0.2) is 6.54 Å². The zero-order valence-electron chi connectivity index (χ0n) is 12.8. The molecule has 2 N–H and O–H groups in total. The second kappa shape index (κ2) is 6.50. The lowest BCUT2D eigenvalue weighted by Gasteiger charge is -2.19. The summed E-state index contributed by atoms with van der Waals surface area (Å²) < 4.78 is 5.97. The van der Waals surface area contributed by atoms with Gasteiger partial charge in [-0.1, -0.05) is 44.5 Å². The van der Waals surface area contributed by atoms with Crippen LogP contribution in [0, 0.1) is 0 Å². The Morgan fingerprint density at radius 1 is 1.05 bits per heavy atom. The van der Waals surface area contributed by atoms with Gasteiger partial charge < -0.3 is 10.5 Å².